The summed E-state index contributed by atoms with van der Waals surface area (Å²) in [6, 6.07) is 16.5. The maximum atomic E-state index is 12.1. The molecule has 0 aromatic heterocycles. The van der Waals surface area contributed by atoms with E-state index < -0.39 is 11.7 Å². The second-order valence-corrected chi connectivity index (χ2v) is 7.79. The van der Waals surface area contributed by atoms with Crippen LogP contribution in [0.15, 0.2) is 54.6 Å². The summed E-state index contributed by atoms with van der Waals surface area (Å²) in [6.45, 7) is 5.58. The summed E-state index contributed by atoms with van der Waals surface area (Å²) >= 11 is 0. The van der Waals surface area contributed by atoms with Crippen molar-refractivity contribution in [1.82, 2.24) is 10.6 Å². The number of hydrogen-bond acceptors (Lipinski definition) is 5. The van der Waals surface area contributed by atoms with Gasteiger partial charge >= 0.3 is 6.09 Å². The average Bonchev–Trinajstić information content (AvgIpc) is 2.70. The summed E-state index contributed by atoms with van der Waals surface area (Å²) < 4.78 is 10.6. The van der Waals surface area contributed by atoms with Gasteiger partial charge in [-0.25, -0.2) is 4.79 Å². The molecule has 0 aliphatic heterocycles. The molecular weight excluding hydrogens is 398 g/mol. The lowest BCUT2D eigenvalue weighted by molar-refractivity contribution is -0.120. The molecule has 0 aliphatic rings. The van der Waals surface area contributed by atoms with E-state index in [9.17, 15) is 14.4 Å². The number of carbonyl (C=O) groups excluding carboxylic acids is 3. The van der Waals surface area contributed by atoms with E-state index in [2.05, 4.69) is 16.0 Å². The van der Waals surface area contributed by atoms with Crippen molar-refractivity contribution < 1.29 is 23.9 Å². The van der Waals surface area contributed by atoms with E-state index in [4.69, 9.17) is 9.47 Å². The van der Waals surface area contributed by atoms with Crippen molar-refractivity contribution >= 4 is 23.6 Å². The minimum atomic E-state index is -0.649. The molecule has 31 heavy (non-hydrogen) atoms. The van der Waals surface area contributed by atoms with Gasteiger partial charge in [-0.05, 0) is 50.6 Å². The number of ether oxygens (including phenoxy) is 2. The van der Waals surface area contributed by atoms with Gasteiger partial charge in [0.1, 0.15) is 17.9 Å². The van der Waals surface area contributed by atoms with Gasteiger partial charge in [-0.2, -0.15) is 0 Å². The number of carbonyl (C=O) groups is 3. The van der Waals surface area contributed by atoms with Gasteiger partial charge in [0.25, 0.3) is 0 Å². The molecule has 3 amide bonds. The molecule has 0 fully saturated rings. The van der Waals surface area contributed by atoms with Crippen LogP contribution in [0, 0.1) is 0 Å². The first-order valence-corrected chi connectivity index (χ1v) is 10.0. The molecule has 166 valence electrons. The number of amides is 3. The van der Waals surface area contributed by atoms with E-state index in [1.54, 1.807) is 39.0 Å². The molecule has 0 heterocycles. The fourth-order valence-corrected chi connectivity index (χ4v) is 2.49. The summed E-state index contributed by atoms with van der Waals surface area (Å²) in [6.07, 6.45) is -0.435. The maximum absolute atomic E-state index is 12.1. The van der Waals surface area contributed by atoms with Crippen molar-refractivity contribution in [3.05, 3.63) is 60.2 Å². The Bertz CT molecular complexity index is 878. The van der Waals surface area contributed by atoms with Gasteiger partial charge in [0, 0.05) is 12.2 Å². The highest BCUT2D eigenvalue weighted by atomic mass is 16.6. The third kappa shape index (κ3) is 10.2. The van der Waals surface area contributed by atoms with Crippen LogP contribution < -0.4 is 20.7 Å². The molecule has 0 saturated heterocycles. The van der Waals surface area contributed by atoms with E-state index >= 15 is 0 Å². The molecule has 8 nitrogen and oxygen atoms in total. The summed E-state index contributed by atoms with van der Waals surface area (Å²) in [7, 11) is 0. The third-order valence-corrected chi connectivity index (χ3v) is 3.83. The molecular formula is C23H29N3O5. The Morgan fingerprint density at radius 1 is 0.903 bits per heavy atom. The fraction of sp³-hybridized carbons (Fsp3) is 0.348. The molecule has 0 bridgehead atoms. The Morgan fingerprint density at radius 2 is 1.65 bits per heavy atom. The Labute approximate surface area is 182 Å². The highest BCUT2D eigenvalue weighted by molar-refractivity contribution is 5.90. The molecule has 0 radical (unpaired) electrons. The quantitative estimate of drug-likeness (QED) is 0.570. The van der Waals surface area contributed by atoms with Crippen molar-refractivity contribution in [2.24, 2.45) is 0 Å². The summed E-state index contributed by atoms with van der Waals surface area (Å²) in [4.78, 5) is 35.6. The normalized spacial score (nSPS) is 10.7. The second kappa shape index (κ2) is 11.6. The van der Waals surface area contributed by atoms with Crippen LogP contribution in [0.5, 0.6) is 5.75 Å². The first-order chi connectivity index (χ1) is 14.7. The van der Waals surface area contributed by atoms with Crippen molar-refractivity contribution in [3.8, 4) is 5.75 Å². The van der Waals surface area contributed by atoms with Crippen LogP contribution in [-0.2, 0) is 20.9 Å². The van der Waals surface area contributed by atoms with Crippen LogP contribution in [0.1, 0.15) is 32.8 Å². The monoisotopic (exact) mass is 427 g/mol. The Hall–Kier alpha value is -3.55. The van der Waals surface area contributed by atoms with Crippen LogP contribution in [0.3, 0.4) is 0 Å². The molecule has 0 saturated carbocycles. The zero-order valence-corrected chi connectivity index (χ0v) is 18.1. The highest BCUT2D eigenvalue weighted by Crippen LogP contribution is 2.12. The zero-order chi connectivity index (χ0) is 22.7. The summed E-state index contributed by atoms with van der Waals surface area (Å²) in [5, 5.41) is 7.92. The van der Waals surface area contributed by atoms with Gasteiger partial charge in [0.15, 0.2) is 0 Å². The fourth-order valence-electron chi connectivity index (χ4n) is 2.49. The Balaban J connectivity index is 1.71. The van der Waals surface area contributed by atoms with E-state index in [0.29, 0.717) is 11.4 Å². The highest BCUT2D eigenvalue weighted by Gasteiger charge is 2.16. The molecule has 2 rings (SSSR count). The van der Waals surface area contributed by atoms with Gasteiger partial charge in [-0.1, -0.05) is 30.3 Å². The number of benzene rings is 2. The van der Waals surface area contributed by atoms with Crippen molar-refractivity contribution in [2.45, 2.75) is 39.3 Å². The number of hydrogen-bond donors (Lipinski definition) is 3. The molecule has 2 aromatic rings. The number of alkyl carbamates (subject to hydrolysis) is 1. The molecule has 0 aliphatic carbocycles. The van der Waals surface area contributed by atoms with E-state index in [1.165, 1.54) is 0 Å². The largest absolute Gasteiger partial charge is 0.493 e. The lowest BCUT2D eigenvalue weighted by Crippen LogP contribution is -2.39. The number of rotatable bonds is 9. The minimum absolute atomic E-state index is 0.168. The molecule has 0 atom stereocenters. The van der Waals surface area contributed by atoms with E-state index in [-0.39, 0.29) is 37.9 Å². The molecule has 0 unspecified atom stereocenters. The first kappa shape index (κ1) is 23.7. The molecule has 2 aromatic carbocycles. The zero-order valence-electron chi connectivity index (χ0n) is 18.1. The Morgan fingerprint density at radius 3 is 2.35 bits per heavy atom. The third-order valence-electron chi connectivity index (χ3n) is 3.83. The van der Waals surface area contributed by atoms with Gasteiger partial charge in [-0.3, -0.25) is 9.59 Å². The predicted molar refractivity (Wildman–Crippen MR) is 118 cm³/mol. The summed E-state index contributed by atoms with van der Waals surface area (Å²) in [5.41, 5.74) is 0.811. The SMILES string of the molecule is CC(C)(C)OC(=O)NCC(=O)NCc1cccc(NC(=O)CCOc2ccccc2)c1. The standard InChI is InChI=1S/C23H29N3O5/c1-23(2,3)31-22(29)25-16-21(28)24-15-17-8-7-9-18(14-17)26-20(27)12-13-30-19-10-5-4-6-11-19/h4-11,14H,12-13,15-16H2,1-3H3,(H,24,28)(H,25,29)(H,26,27). The van der Waals surface area contributed by atoms with E-state index in [1.807, 2.05) is 36.4 Å². The van der Waals surface area contributed by atoms with Gasteiger partial charge < -0.3 is 25.4 Å². The smallest absolute Gasteiger partial charge is 0.408 e. The topological polar surface area (TPSA) is 106 Å². The minimum Gasteiger partial charge on any atom is -0.493 e. The predicted octanol–water partition coefficient (Wildman–Crippen LogP) is 3.24. The molecule has 8 heteroatoms. The van der Waals surface area contributed by atoms with Crippen LogP contribution in [0.2, 0.25) is 0 Å². The second-order valence-electron chi connectivity index (χ2n) is 7.79. The Kier molecular flexibility index (Phi) is 8.87. The number of nitrogens with one attached hydrogen (secondary N) is 3. The average molecular weight is 428 g/mol. The summed E-state index contributed by atoms with van der Waals surface area (Å²) in [5.74, 6) is 0.200. The van der Waals surface area contributed by atoms with Crippen LogP contribution in [0.4, 0.5) is 10.5 Å². The van der Waals surface area contributed by atoms with Crippen LogP contribution in [0.25, 0.3) is 0 Å². The maximum Gasteiger partial charge on any atom is 0.408 e. The van der Waals surface area contributed by atoms with Gasteiger partial charge in [0.05, 0.1) is 13.0 Å². The molecule has 3 N–H and O–H groups in total. The van der Waals surface area contributed by atoms with Crippen LogP contribution >= 0.6 is 0 Å². The van der Waals surface area contributed by atoms with Crippen LogP contribution in [-0.4, -0.2) is 36.7 Å². The number of anilines is 1. The van der Waals surface area contributed by atoms with Gasteiger partial charge in [0.2, 0.25) is 11.8 Å². The van der Waals surface area contributed by atoms with Crippen molar-refractivity contribution in [3.63, 3.8) is 0 Å². The van der Waals surface area contributed by atoms with E-state index in [0.717, 1.165) is 5.56 Å². The van der Waals surface area contributed by atoms with Gasteiger partial charge in [-0.15, -0.1) is 0 Å². The van der Waals surface area contributed by atoms with Crippen molar-refractivity contribution in [2.75, 3.05) is 18.5 Å². The lowest BCUT2D eigenvalue weighted by Gasteiger charge is -2.19. The van der Waals surface area contributed by atoms with Crippen molar-refractivity contribution in [1.29, 1.82) is 0 Å². The first-order valence-electron chi connectivity index (χ1n) is 10.0. The lowest BCUT2D eigenvalue weighted by atomic mass is 10.2. The number of para-hydroxylation sites is 1. The molecule has 0 spiro atoms.